The molecule has 1 unspecified atom stereocenters. The van der Waals surface area contributed by atoms with E-state index in [9.17, 15) is 9.59 Å². The van der Waals surface area contributed by atoms with Crippen molar-refractivity contribution in [1.29, 1.82) is 0 Å². The summed E-state index contributed by atoms with van der Waals surface area (Å²) in [6.45, 7) is 12.7. The first-order chi connectivity index (χ1) is 6.77. The number of methoxy groups -OCH3 is 1. The van der Waals surface area contributed by atoms with Crippen LogP contribution in [0.1, 0.15) is 20.8 Å². The van der Waals surface area contributed by atoms with Crippen LogP contribution in [0.25, 0.3) is 0 Å². The zero-order valence-electron chi connectivity index (χ0n) is 11.7. The molecule has 98 valence electrons. The maximum absolute atomic E-state index is 10.3. The molecule has 1 atom stereocenters. The number of hydrogen-bond acceptors (Lipinski definition) is 4. The van der Waals surface area contributed by atoms with Crippen molar-refractivity contribution in [3.63, 3.8) is 0 Å². The zero-order chi connectivity index (χ0) is 13.4. The summed E-state index contributed by atoms with van der Waals surface area (Å²) >= 11 is 0. The Morgan fingerprint density at radius 1 is 0.938 bits per heavy atom. The average molecular weight is 266 g/mol. The second-order valence-corrected chi connectivity index (χ2v) is 13.3. The van der Waals surface area contributed by atoms with Crippen LogP contribution < -0.4 is 0 Å². The average Bonchev–Trinajstić information content (AvgIpc) is 1.98. The Morgan fingerprint density at radius 3 is 1.50 bits per heavy atom. The molecule has 16 heavy (non-hydrogen) atoms. The summed E-state index contributed by atoms with van der Waals surface area (Å²) in [5.41, 5.74) is 0. The van der Waals surface area contributed by atoms with Gasteiger partial charge in [-0.3, -0.25) is 0 Å². The fourth-order valence-corrected chi connectivity index (χ4v) is 4.11. The highest BCUT2D eigenvalue weighted by Gasteiger charge is 2.55. The molecule has 6 heteroatoms. The van der Waals surface area contributed by atoms with Crippen LogP contribution in [0.2, 0.25) is 31.2 Å². The Morgan fingerprint density at radius 2 is 1.31 bits per heavy atom. The van der Waals surface area contributed by atoms with E-state index >= 15 is 0 Å². The summed E-state index contributed by atoms with van der Waals surface area (Å²) in [6.07, 6.45) is 0. The normalized spacial score (nSPS) is 18.4. The van der Waals surface area contributed by atoms with Gasteiger partial charge in [0.05, 0.1) is 0 Å². The molecule has 0 aromatic carbocycles. The van der Waals surface area contributed by atoms with Crippen LogP contribution in [-0.4, -0.2) is 39.4 Å². The summed E-state index contributed by atoms with van der Waals surface area (Å²) in [6, 6.07) is 0. The summed E-state index contributed by atoms with van der Waals surface area (Å²) in [7, 11) is -3.65. The van der Waals surface area contributed by atoms with E-state index in [1.807, 2.05) is 26.9 Å². The largest absolute Gasteiger partial charge is 0.432 e. The number of hydrogen-bond donors (Lipinski definition) is 2. The van der Waals surface area contributed by atoms with Crippen molar-refractivity contribution in [3.05, 3.63) is 0 Å². The molecule has 0 amide bonds. The first kappa shape index (κ1) is 16.3. The van der Waals surface area contributed by atoms with E-state index in [4.69, 9.17) is 9.16 Å². The topological polar surface area (TPSA) is 58.9 Å². The lowest BCUT2D eigenvalue weighted by Crippen LogP contribution is -2.58. The van der Waals surface area contributed by atoms with Crippen LogP contribution in [0, 0.1) is 0 Å². The van der Waals surface area contributed by atoms with Gasteiger partial charge in [-0.15, -0.1) is 0 Å². The highest BCUT2D eigenvalue weighted by molar-refractivity contribution is 6.73. The fraction of sp³-hybridized carbons (Fsp3) is 1.00. The minimum atomic E-state index is -2.72. The van der Waals surface area contributed by atoms with Gasteiger partial charge in [-0.25, -0.2) is 0 Å². The van der Waals surface area contributed by atoms with Crippen LogP contribution >= 0.6 is 0 Å². The smallest absolute Gasteiger partial charge is 0.331 e. The molecular formula is C10H26O4Si2. The highest BCUT2D eigenvalue weighted by Crippen LogP contribution is 2.48. The first-order valence-electron chi connectivity index (χ1n) is 5.47. The maximum atomic E-state index is 10.3. The second-order valence-electron chi connectivity index (χ2n) is 5.88. The quantitative estimate of drug-likeness (QED) is 0.590. The van der Waals surface area contributed by atoms with Gasteiger partial charge in [-0.2, -0.15) is 0 Å². The predicted molar refractivity (Wildman–Crippen MR) is 69.9 cm³/mol. The Labute approximate surface area is 101 Å². The molecule has 2 N–H and O–H groups in total. The van der Waals surface area contributed by atoms with Crippen molar-refractivity contribution in [2.24, 2.45) is 0 Å². The van der Waals surface area contributed by atoms with Gasteiger partial charge in [0.15, 0.2) is 14.1 Å². The monoisotopic (exact) mass is 266 g/mol. The summed E-state index contributed by atoms with van der Waals surface area (Å²) in [4.78, 5) is 20.2. The van der Waals surface area contributed by atoms with Crippen molar-refractivity contribution in [2.45, 2.75) is 57.8 Å². The van der Waals surface area contributed by atoms with Gasteiger partial charge in [0.1, 0.15) is 0 Å². The SMILES string of the molecule is COC(C)(O[Si](C)(C)O)C(C)(C)[Si](C)(C)O. The Kier molecular flexibility index (Phi) is 4.59. The predicted octanol–water partition coefficient (Wildman–Crippen LogP) is 2.04. The van der Waals surface area contributed by atoms with E-state index in [2.05, 4.69) is 0 Å². The van der Waals surface area contributed by atoms with Crippen molar-refractivity contribution in [1.82, 2.24) is 0 Å². The molecule has 0 aromatic heterocycles. The Bertz CT molecular complexity index is 242. The maximum Gasteiger partial charge on any atom is 0.331 e. The minimum absolute atomic E-state index is 0.526. The molecule has 0 fully saturated rings. The van der Waals surface area contributed by atoms with Crippen molar-refractivity contribution in [2.75, 3.05) is 7.11 Å². The number of ether oxygens (including phenoxy) is 1. The standard InChI is InChI=1S/C10H26O4Si2/c1-9(2,15(5,6)11)10(3,13-4)14-16(7,8)12/h11-12H,1-8H3. The van der Waals surface area contributed by atoms with Gasteiger partial charge in [0, 0.05) is 12.1 Å². The van der Waals surface area contributed by atoms with Gasteiger partial charge < -0.3 is 18.8 Å². The van der Waals surface area contributed by atoms with Gasteiger partial charge in [-0.05, 0) is 33.1 Å². The lowest BCUT2D eigenvalue weighted by Gasteiger charge is -2.49. The van der Waals surface area contributed by atoms with Crippen LogP contribution in [0.4, 0.5) is 0 Å². The minimum Gasteiger partial charge on any atom is -0.432 e. The molecule has 0 aliphatic carbocycles. The van der Waals surface area contributed by atoms with Crippen molar-refractivity contribution < 1.29 is 18.8 Å². The molecule has 0 rings (SSSR count). The molecule has 0 saturated heterocycles. The lowest BCUT2D eigenvalue weighted by atomic mass is 10.0. The summed E-state index contributed by atoms with van der Waals surface area (Å²) in [5.74, 6) is -0.970. The van der Waals surface area contributed by atoms with Crippen LogP contribution in [0.5, 0.6) is 0 Å². The van der Waals surface area contributed by atoms with E-state index in [0.717, 1.165) is 0 Å². The molecule has 4 nitrogen and oxygen atoms in total. The summed E-state index contributed by atoms with van der Waals surface area (Å²) < 4.78 is 11.1. The highest BCUT2D eigenvalue weighted by atomic mass is 28.4. The summed E-state index contributed by atoms with van der Waals surface area (Å²) in [5, 5.41) is -0.526. The Balaban J connectivity index is 5.26. The van der Waals surface area contributed by atoms with E-state index in [-0.39, 0.29) is 0 Å². The third-order valence-corrected chi connectivity index (χ3v) is 7.90. The van der Waals surface area contributed by atoms with Gasteiger partial charge in [0.25, 0.3) is 0 Å². The number of rotatable bonds is 5. The van der Waals surface area contributed by atoms with E-state index in [1.54, 1.807) is 27.1 Å². The van der Waals surface area contributed by atoms with Crippen LogP contribution in [-0.2, 0) is 9.16 Å². The van der Waals surface area contributed by atoms with Gasteiger partial charge in [-0.1, -0.05) is 13.8 Å². The third-order valence-electron chi connectivity index (χ3n) is 3.50. The zero-order valence-corrected chi connectivity index (χ0v) is 13.7. The fourth-order valence-electron chi connectivity index (χ4n) is 1.46. The molecule has 0 radical (unpaired) electrons. The molecular weight excluding hydrogens is 240 g/mol. The second kappa shape index (κ2) is 4.51. The molecule has 0 saturated carbocycles. The molecule has 0 aliphatic heterocycles. The molecule has 0 aromatic rings. The van der Waals surface area contributed by atoms with E-state index < -0.39 is 27.7 Å². The van der Waals surface area contributed by atoms with E-state index in [0.29, 0.717) is 0 Å². The molecule has 0 spiro atoms. The molecule has 0 heterocycles. The molecule has 0 bridgehead atoms. The first-order valence-corrected chi connectivity index (χ1v) is 11.3. The van der Waals surface area contributed by atoms with Gasteiger partial charge in [0.2, 0.25) is 0 Å². The van der Waals surface area contributed by atoms with Crippen LogP contribution in [0.15, 0.2) is 0 Å². The Hall–Kier alpha value is 0.274. The van der Waals surface area contributed by atoms with E-state index in [1.165, 1.54) is 0 Å². The van der Waals surface area contributed by atoms with Crippen LogP contribution in [0.3, 0.4) is 0 Å². The molecule has 0 aliphatic rings. The van der Waals surface area contributed by atoms with Crippen molar-refractivity contribution in [3.8, 4) is 0 Å². The van der Waals surface area contributed by atoms with Gasteiger partial charge >= 0.3 is 8.56 Å². The lowest BCUT2D eigenvalue weighted by molar-refractivity contribution is -0.190. The third kappa shape index (κ3) is 3.38. The van der Waals surface area contributed by atoms with Crippen molar-refractivity contribution >= 4 is 16.9 Å².